The van der Waals surface area contributed by atoms with Crippen LogP contribution in [0.2, 0.25) is 0 Å². The first kappa shape index (κ1) is 9.66. The zero-order valence-electron chi connectivity index (χ0n) is 8.63. The fourth-order valence-electron chi connectivity index (χ4n) is 1.84. The molecule has 0 amide bonds. The van der Waals surface area contributed by atoms with Crippen molar-refractivity contribution >= 4 is 11.6 Å². The Hall–Kier alpha value is -0.890. The third-order valence-corrected chi connectivity index (χ3v) is 2.84. The Morgan fingerprint density at radius 1 is 1.14 bits per heavy atom. The SMILES string of the molecule is Cc1cc(C)c(CC2(Cl)N=N2)c(C)c1. The van der Waals surface area contributed by atoms with Crippen molar-refractivity contribution in [3.05, 3.63) is 34.4 Å². The summed E-state index contributed by atoms with van der Waals surface area (Å²) < 4.78 is 0. The van der Waals surface area contributed by atoms with Crippen LogP contribution in [0, 0.1) is 20.8 Å². The van der Waals surface area contributed by atoms with Gasteiger partial charge in [0.05, 0.1) is 0 Å². The van der Waals surface area contributed by atoms with Gasteiger partial charge in [0.2, 0.25) is 0 Å². The summed E-state index contributed by atoms with van der Waals surface area (Å²) in [6.45, 7) is 6.32. The van der Waals surface area contributed by atoms with E-state index in [9.17, 15) is 0 Å². The van der Waals surface area contributed by atoms with E-state index in [2.05, 4.69) is 43.1 Å². The van der Waals surface area contributed by atoms with E-state index in [-0.39, 0.29) is 0 Å². The monoisotopic (exact) mass is 208 g/mol. The third-order valence-electron chi connectivity index (χ3n) is 2.56. The first-order chi connectivity index (χ1) is 6.50. The molecule has 0 aromatic heterocycles. The van der Waals surface area contributed by atoms with E-state index >= 15 is 0 Å². The highest BCUT2D eigenvalue weighted by molar-refractivity contribution is 6.24. The topological polar surface area (TPSA) is 24.7 Å². The van der Waals surface area contributed by atoms with Crippen LogP contribution in [0.15, 0.2) is 22.4 Å². The lowest BCUT2D eigenvalue weighted by atomic mass is 9.97. The van der Waals surface area contributed by atoms with Gasteiger partial charge in [-0.15, -0.1) is 10.2 Å². The van der Waals surface area contributed by atoms with Gasteiger partial charge in [0.15, 0.2) is 0 Å². The quantitative estimate of drug-likeness (QED) is 0.525. The predicted octanol–water partition coefficient (Wildman–Crippen LogP) is 3.51. The van der Waals surface area contributed by atoms with Crippen LogP contribution in [0.1, 0.15) is 22.3 Å². The summed E-state index contributed by atoms with van der Waals surface area (Å²) in [4.78, 5) is 0. The minimum absolute atomic E-state index is 0.648. The van der Waals surface area contributed by atoms with Crippen molar-refractivity contribution < 1.29 is 0 Å². The maximum Gasteiger partial charge on any atom is 0.267 e. The second kappa shape index (κ2) is 3.06. The summed E-state index contributed by atoms with van der Waals surface area (Å²) >= 11 is 6.03. The van der Waals surface area contributed by atoms with Crippen molar-refractivity contribution in [1.29, 1.82) is 0 Å². The number of halogens is 1. The van der Waals surface area contributed by atoms with E-state index in [1.54, 1.807) is 0 Å². The molecule has 2 nitrogen and oxygen atoms in total. The van der Waals surface area contributed by atoms with Gasteiger partial charge in [0, 0.05) is 6.42 Å². The summed E-state index contributed by atoms with van der Waals surface area (Å²) in [5, 5.41) is 7.00. The van der Waals surface area contributed by atoms with Gasteiger partial charge in [-0.2, -0.15) is 0 Å². The van der Waals surface area contributed by atoms with Crippen LogP contribution < -0.4 is 0 Å². The smallest absolute Gasteiger partial charge is 0.140 e. The molecule has 0 spiro atoms. The third kappa shape index (κ3) is 1.80. The Labute approximate surface area is 89.0 Å². The first-order valence-electron chi connectivity index (χ1n) is 4.70. The Morgan fingerprint density at radius 3 is 2.07 bits per heavy atom. The Bertz CT molecular complexity index is 381. The lowest BCUT2D eigenvalue weighted by Crippen LogP contribution is -2.08. The average Bonchev–Trinajstić information content (AvgIpc) is 2.77. The summed E-state index contributed by atoms with van der Waals surface area (Å²) in [6.07, 6.45) is 0.715. The van der Waals surface area contributed by atoms with Gasteiger partial charge in [-0.1, -0.05) is 29.3 Å². The van der Waals surface area contributed by atoms with E-state index in [0.29, 0.717) is 6.42 Å². The molecular formula is C11H13ClN2. The molecule has 0 aliphatic carbocycles. The van der Waals surface area contributed by atoms with Crippen LogP contribution in [0.25, 0.3) is 0 Å². The molecule has 0 saturated carbocycles. The van der Waals surface area contributed by atoms with E-state index < -0.39 is 5.12 Å². The second-order valence-corrected chi connectivity index (χ2v) is 4.58. The largest absolute Gasteiger partial charge is 0.267 e. The number of hydrogen-bond acceptors (Lipinski definition) is 2. The molecule has 74 valence electrons. The number of benzene rings is 1. The molecule has 1 heterocycles. The van der Waals surface area contributed by atoms with E-state index in [1.807, 2.05) is 0 Å². The number of alkyl halides is 1. The molecule has 14 heavy (non-hydrogen) atoms. The lowest BCUT2D eigenvalue weighted by molar-refractivity contribution is 0.812. The minimum atomic E-state index is -0.648. The molecular weight excluding hydrogens is 196 g/mol. The zero-order valence-corrected chi connectivity index (χ0v) is 9.39. The van der Waals surface area contributed by atoms with E-state index in [0.717, 1.165) is 0 Å². The summed E-state index contributed by atoms with van der Waals surface area (Å²) in [5.74, 6) is 0. The number of aryl methyl sites for hydroxylation is 3. The van der Waals surface area contributed by atoms with Gasteiger partial charge in [0.25, 0.3) is 5.12 Å². The minimum Gasteiger partial charge on any atom is -0.140 e. The van der Waals surface area contributed by atoms with Gasteiger partial charge >= 0.3 is 0 Å². The van der Waals surface area contributed by atoms with E-state index in [4.69, 9.17) is 11.6 Å². The molecule has 3 heteroatoms. The van der Waals surface area contributed by atoms with Gasteiger partial charge in [-0.05, 0) is 37.5 Å². The molecule has 1 aromatic carbocycles. The fraction of sp³-hybridized carbons (Fsp3) is 0.455. The van der Waals surface area contributed by atoms with Gasteiger partial charge in [0.1, 0.15) is 0 Å². The number of rotatable bonds is 2. The molecule has 2 rings (SSSR count). The Kier molecular flexibility index (Phi) is 2.11. The van der Waals surface area contributed by atoms with E-state index in [1.165, 1.54) is 22.3 Å². The van der Waals surface area contributed by atoms with Crippen molar-refractivity contribution in [1.82, 2.24) is 0 Å². The van der Waals surface area contributed by atoms with Gasteiger partial charge in [-0.3, -0.25) is 0 Å². The molecule has 0 fully saturated rings. The van der Waals surface area contributed by atoms with Crippen molar-refractivity contribution in [3.63, 3.8) is 0 Å². The van der Waals surface area contributed by atoms with Crippen LogP contribution in [-0.4, -0.2) is 5.12 Å². The standard InChI is InChI=1S/C11H13ClN2/c1-7-4-8(2)10(9(3)5-7)6-11(12)13-14-11/h4-5H,6H2,1-3H3. The summed E-state index contributed by atoms with van der Waals surface area (Å²) in [5.41, 5.74) is 5.12. The van der Waals surface area contributed by atoms with Gasteiger partial charge < -0.3 is 0 Å². The van der Waals surface area contributed by atoms with Crippen LogP contribution >= 0.6 is 11.6 Å². The lowest BCUT2D eigenvalue weighted by Gasteiger charge is -2.11. The number of nitrogens with zero attached hydrogens (tertiary/aromatic N) is 2. The molecule has 1 aliphatic heterocycles. The summed E-state index contributed by atoms with van der Waals surface area (Å²) in [6, 6.07) is 4.34. The van der Waals surface area contributed by atoms with Crippen LogP contribution in [0.4, 0.5) is 0 Å². The highest BCUT2D eigenvalue weighted by Gasteiger charge is 2.38. The Morgan fingerprint density at radius 2 is 1.64 bits per heavy atom. The molecule has 0 bridgehead atoms. The van der Waals surface area contributed by atoms with Crippen molar-refractivity contribution in [2.45, 2.75) is 32.3 Å². The fourth-order valence-corrected chi connectivity index (χ4v) is 2.01. The molecule has 1 aromatic rings. The molecule has 0 atom stereocenters. The zero-order chi connectivity index (χ0) is 10.3. The molecule has 0 saturated heterocycles. The maximum atomic E-state index is 6.03. The predicted molar refractivity (Wildman–Crippen MR) is 57.8 cm³/mol. The second-order valence-electron chi connectivity index (χ2n) is 3.97. The Balaban J connectivity index is 2.32. The normalized spacial score (nSPS) is 17.1. The highest BCUT2D eigenvalue weighted by atomic mass is 35.5. The van der Waals surface area contributed by atoms with Crippen molar-refractivity contribution in [2.24, 2.45) is 10.2 Å². The molecule has 0 unspecified atom stereocenters. The summed E-state index contributed by atoms with van der Waals surface area (Å²) in [7, 11) is 0. The first-order valence-corrected chi connectivity index (χ1v) is 5.08. The molecule has 0 N–H and O–H groups in total. The van der Waals surface area contributed by atoms with Crippen molar-refractivity contribution in [3.8, 4) is 0 Å². The maximum absolute atomic E-state index is 6.03. The molecule has 1 aliphatic rings. The van der Waals surface area contributed by atoms with Crippen LogP contribution in [-0.2, 0) is 6.42 Å². The highest BCUT2D eigenvalue weighted by Crippen LogP contribution is 2.37. The van der Waals surface area contributed by atoms with Crippen molar-refractivity contribution in [2.75, 3.05) is 0 Å². The molecule has 0 radical (unpaired) electrons. The van der Waals surface area contributed by atoms with Crippen LogP contribution in [0.5, 0.6) is 0 Å². The number of hydrogen-bond donors (Lipinski definition) is 0. The van der Waals surface area contributed by atoms with Crippen LogP contribution in [0.3, 0.4) is 0 Å². The average molecular weight is 209 g/mol. The van der Waals surface area contributed by atoms with Gasteiger partial charge in [-0.25, -0.2) is 0 Å².